The first-order chi connectivity index (χ1) is 8.77. The molecule has 2 N–H and O–H groups in total. The first-order valence-electron chi connectivity index (χ1n) is 5.76. The summed E-state index contributed by atoms with van der Waals surface area (Å²) < 4.78 is 50.7. The fourth-order valence-electron chi connectivity index (χ4n) is 2.03. The number of halogens is 6. The molecule has 114 valence electrons. The molecule has 1 aliphatic rings. The largest absolute Gasteiger partial charge is 0.417 e. The minimum absolute atomic E-state index is 0. The summed E-state index contributed by atoms with van der Waals surface area (Å²) in [5, 5.41) is -0.351. The van der Waals surface area contributed by atoms with Crippen LogP contribution in [0.25, 0.3) is 0 Å². The van der Waals surface area contributed by atoms with Crippen LogP contribution in [0.1, 0.15) is 17.2 Å². The Morgan fingerprint density at radius 3 is 2.45 bits per heavy atom. The van der Waals surface area contributed by atoms with Gasteiger partial charge in [0.15, 0.2) is 0 Å². The maximum atomic E-state index is 12.7. The van der Waals surface area contributed by atoms with Gasteiger partial charge in [-0.2, -0.15) is 13.2 Å². The summed E-state index contributed by atoms with van der Waals surface area (Å²) in [6, 6.07) is 3.02. The third kappa shape index (κ3) is 3.97. The van der Waals surface area contributed by atoms with Crippen LogP contribution < -0.4 is 5.73 Å². The fraction of sp³-hybridized carbons (Fsp3) is 0.500. The second-order valence-electron chi connectivity index (χ2n) is 4.66. The van der Waals surface area contributed by atoms with Gasteiger partial charge in [-0.1, -0.05) is 17.7 Å². The van der Waals surface area contributed by atoms with E-state index in [9.17, 15) is 17.6 Å². The molecule has 1 heterocycles. The molecule has 0 amide bonds. The summed E-state index contributed by atoms with van der Waals surface area (Å²) in [6.07, 6.45) is -5.36. The molecule has 0 saturated carbocycles. The van der Waals surface area contributed by atoms with Gasteiger partial charge in [-0.3, -0.25) is 4.90 Å². The van der Waals surface area contributed by atoms with E-state index in [0.717, 1.165) is 6.07 Å². The van der Waals surface area contributed by atoms with Gasteiger partial charge in [0, 0.05) is 25.7 Å². The number of nitrogens with zero attached hydrogens (tertiary/aromatic N) is 1. The van der Waals surface area contributed by atoms with E-state index < -0.39 is 24.0 Å². The molecule has 0 aliphatic carbocycles. The van der Waals surface area contributed by atoms with Gasteiger partial charge in [-0.05, 0) is 17.7 Å². The van der Waals surface area contributed by atoms with E-state index in [-0.39, 0.29) is 30.5 Å². The zero-order chi connectivity index (χ0) is 14.2. The second kappa shape index (κ2) is 6.47. The molecule has 1 aromatic carbocycles. The molecule has 1 aromatic rings. The topological polar surface area (TPSA) is 29.3 Å². The molecule has 2 rings (SSSR count). The first-order valence-corrected chi connectivity index (χ1v) is 6.14. The summed E-state index contributed by atoms with van der Waals surface area (Å²) in [4.78, 5) is 1.76. The van der Waals surface area contributed by atoms with Crippen LogP contribution in [0, 0.1) is 0 Å². The van der Waals surface area contributed by atoms with Crippen LogP contribution in [0.2, 0.25) is 5.02 Å². The van der Waals surface area contributed by atoms with Crippen LogP contribution in [0.15, 0.2) is 18.2 Å². The van der Waals surface area contributed by atoms with Crippen LogP contribution >= 0.6 is 24.0 Å². The standard InChI is InChI=1S/C12H13ClF4N2.ClH/c13-10-2-1-7(3-9(10)12(15,16)17)11(18)6-19-4-8(14)5-19;/h1-3,8,11H,4-6,18H2;1H/t11-;/m1./s1. The Morgan fingerprint density at radius 1 is 1.35 bits per heavy atom. The van der Waals surface area contributed by atoms with Crippen molar-refractivity contribution in [3.05, 3.63) is 34.3 Å². The van der Waals surface area contributed by atoms with Crippen molar-refractivity contribution in [3.8, 4) is 0 Å². The maximum Gasteiger partial charge on any atom is 0.417 e. The van der Waals surface area contributed by atoms with Crippen molar-refractivity contribution in [2.24, 2.45) is 5.73 Å². The van der Waals surface area contributed by atoms with Crippen molar-refractivity contribution < 1.29 is 17.6 Å². The van der Waals surface area contributed by atoms with Gasteiger partial charge in [0.2, 0.25) is 0 Å². The third-order valence-corrected chi connectivity index (χ3v) is 3.42. The molecule has 0 unspecified atom stereocenters. The van der Waals surface area contributed by atoms with E-state index in [4.69, 9.17) is 17.3 Å². The van der Waals surface area contributed by atoms with Gasteiger partial charge in [0.1, 0.15) is 6.17 Å². The number of likely N-dealkylation sites (tertiary alicyclic amines) is 1. The highest BCUT2D eigenvalue weighted by Crippen LogP contribution is 2.36. The minimum atomic E-state index is -4.51. The quantitative estimate of drug-likeness (QED) is 0.859. The molecule has 1 fully saturated rings. The Labute approximate surface area is 125 Å². The van der Waals surface area contributed by atoms with Gasteiger partial charge >= 0.3 is 6.18 Å². The average molecular weight is 333 g/mol. The molecule has 20 heavy (non-hydrogen) atoms. The Hall–Kier alpha value is -0.560. The van der Waals surface area contributed by atoms with E-state index in [0.29, 0.717) is 12.1 Å². The Bertz CT molecular complexity index is 461. The number of rotatable bonds is 3. The van der Waals surface area contributed by atoms with Crippen molar-refractivity contribution in [3.63, 3.8) is 0 Å². The van der Waals surface area contributed by atoms with Gasteiger partial charge in [-0.15, -0.1) is 12.4 Å². The lowest BCUT2D eigenvalue weighted by Gasteiger charge is -2.36. The zero-order valence-electron chi connectivity index (χ0n) is 10.3. The molecular formula is C12H14Cl2F4N2. The predicted octanol–water partition coefficient (Wildman–Crippen LogP) is 3.43. The number of hydrogen-bond donors (Lipinski definition) is 1. The molecule has 0 bridgehead atoms. The Balaban J connectivity index is 0.00000200. The van der Waals surface area contributed by atoms with E-state index in [1.54, 1.807) is 4.90 Å². The predicted molar refractivity (Wildman–Crippen MR) is 72.0 cm³/mol. The van der Waals surface area contributed by atoms with Crippen molar-refractivity contribution in [2.75, 3.05) is 19.6 Å². The zero-order valence-corrected chi connectivity index (χ0v) is 11.9. The van der Waals surface area contributed by atoms with E-state index in [1.165, 1.54) is 12.1 Å². The molecule has 1 atom stereocenters. The van der Waals surface area contributed by atoms with Gasteiger partial charge in [-0.25, -0.2) is 4.39 Å². The van der Waals surface area contributed by atoms with Crippen molar-refractivity contribution in [1.29, 1.82) is 0 Å². The lowest BCUT2D eigenvalue weighted by atomic mass is 10.0. The number of hydrogen-bond acceptors (Lipinski definition) is 2. The van der Waals surface area contributed by atoms with Crippen LogP contribution in [-0.4, -0.2) is 30.7 Å². The third-order valence-electron chi connectivity index (χ3n) is 3.09. The lowest BCUT2D eigenvalue weighted by molar-refractivity contribution is -0.137. The SMILES string of the molecule is Cl.N[C@H](CN1CC(F)C1)c1ccc(Cl)c(C(F)(F)F)c1. The van der Waals surface area contributed by atoms with Crippen molar-refractivity contribution in [1.82, 2.24) is 4.90 Å². The van der Waals surface area contributed by atoms with Crippen LogP contribution in [-0.2, 0) is 6.18 Å². The highest BCUT2D eigenvalue weighted by atomic mass is 35.5. The second-order valence-corrected chi connectivity index (χ2v) is 5.07. The average Bonchev–Trinajstić information content (AvgIpc) is 2.25. The van der Waals surface area contributed by atoms with Crippen LogP contribution in [0.5, 0.6) is 0 Å². The molecule has 0 spiro atoms. The van der Waals surface area contributed by atoms with Gasteiger partial charge in [0.25, 0.3) is 0 Å². The molecule has 1 aliphatic heterocycles. The van der Waals surface area contributed by atoms with E-state index in [2.05, 4.69) is 0 Å². The summed E-state index contributed by atoms with van der Waals surface area (Å²) in [5.41, 5.74) is 5.29. The summed E-state index contributed by atoms with van der Waals surface area (Å²) >= 11 is 5.53. The van der Waals surface area contributed by atoms with E-state index in [1.807, 2.05) is 0 Å². The fourth-order valence-corrected chi connectivity index (χ4v) is 2.25. The molecular weight excluding hydrogens is 319 g/mol. The molecule has 0 radical (unpaired) electrons. The molecule has 2 nitrogen and oxygen atoms in total. The molecule has 0 aromatic heterocycles. The minimum Gasteiger partial charge on any atom is -0.323 e. The Morgan fingerprint density at radius 2 is 1.95 bits per heavy atom. The summed E-state index contributed by atoms with van der Waals surface area (Å²) in [7, 11) is 0. The monoisotopic (exact) mass is 332 g/mol. The molecule has 8 heteroatoms. The maximum absolute atomic E-state index is 12.7. The van der Waals surface area contributed by atoms with Crippen LogP contribution in [0.3, 0.4) is 0 Å². The highest BCUT2D eigenvalue weighted by molar-refractivity contribution is 6.31. The summed E-state index contributed by atoms with van der Waals surface area (Å²) in [5.74, 6) is 0. The highest BCUT2D eigenvalue weighted by Gasteiger charge is 2.34. The lowest BCUT2D eigenvalue weighted by Crippen LogP contribution is -2.50. The summed E-state index contributed by atoms with van der Waals surface area (Å²) in [6.45, 7) is 0.903. The molecule has 1 saturated heterocycles. The number of alkyl halides is 4. The van der Waals surface area contributed by atoms with Gasteiger partial charge < -0.3 is 5.73 Å². The number of nitrogens with two attached hydrogens (primary N) is 1. The van der Waals surface area contributed by atoms with Crippen LogP contribution in [0.4, 0.5) is 17.6 Å². The normalized spacial score (nSPS) is 18.3. The van der Waals surface area contributed by atoms with Gasteiger partial charge in [0.05, 0.1) is 10.6 Å². The Kier molecular flexibility index (Phi) is 5.66. The van der Waals surface area contributed by atoms with E-state index >= 15 is 0 Å². The first kappa shape index (κ1) is 17.5. The van der Waals surface area contributed by atoms with Crippen molar-refractivity contribution in [2.45, 2.75) is 18.4 Å². The smallest absolute Gasteiger partial charge is 0.323 e. The number of benzene rings is 1. The van der Waals surface area contributed by atoms with Crippen molar-refractivity contribution >= 4 is 24.0 Å².